The van der Waals surface area contributed by atoms with Crippen molar-refractivity contribution >= 4 is 0 Å². The largest absolute Gasteiger partial charge is 0.310 e. The molecule has 1 rings (SSSR count). The highest BCUT2D eigenvalue weighted by Gasteiger charge is 2.17. The van der Waals surface area contributed by atoms with Crippen LogP contribution >= 0.6 is 0 Å². The number of hydrogen-bond donors (Lipinski definition) is 1. The van der Waals surface area contributed by atoms with E-state index < -0.39 is 0 Å². The molecule has 0 bridgehead atoms. The van der Waals surface area contributed by atoms with Crippen molar-refractivity contribution in [3.8, 4) is 0 Å². The summed E-state index contributed by atoms with van der Waals surface area (Å²) in [7, 11) is 0. The zero-order valence-electron chi connectivity index (χ0n) is 13.4. The molecule has 19 heavy (non-hydrogen) atoms. The fourth-order valence-electron chi connectivity index (χ4n) is 2.81. The van der Waals surface area contributed by atoms with Gasteiger partial charge in [-0.05, 0) is 50.3 Å². The second kappa shape index (κ2) is 8.37. The molecule has 0 saturated carbocycles. The van der Waals surface area contributed by atoms with Gasteiger partial charge in [0.2, 0.25) is 0 Å². The Morgan fingerprint density at radius 2 is 1.74 bits per heavy atom. The first-order chi connectivity index (χ1) is 9.12. The van der Waals surface area contributed by atoms with Gasteiger partial charge in [0.1, 0.15) is 0 Å². The van der Waals surface area contributed by atoms with Gasteiger partial charge in [-0.2, -0.15) is 0 Å². The minimum Gasteiger partial charge on any atom is -0.310 e. The Kier molecular flexibility index (Phi) is 7.15. The Morgan fingerprint density at radius 1 is 1.05 bits per heavy atom. The van der Waals surface area contributed by atoms with E-state index in [1.54, 1.807) is 0 Å². The summed E-state index contributed by atoms with van der Waals surface area (Å²) in [4.78, 5) is 0. The summed E-state index contributed by atoms with van der Waals surface area (Å²) in [6.45, 7) is 12.4. The summed E-state index contributed by atoms with van der Waals surface area (Å²) in [6, 6.07) is 7.39. The normalized spacial score (nSPS) is 12.9. The van der Waals surface area contributed by atoms with Gasteiger partial charge in [-0.15, -0.1) is 0 Å². The summed E-state index contributed by atoms with van der Waals surface area (Å²) in [6.07, 6.45) is 5.03. The van der Waals surface area contributed by atoms with E-state index in [9.17, 15) is 0 Å². The molecule has 1 atom stereocenters. The van der Waals surface area contributed by atoms with Gasteiger partial charge in [0.15, 0.2) is 0 Å². The summed E-state index contributed by atoms with van der Waals surface area (Å²) in [5.74, 6) is 0.829. The summed E-state index contributed by atoms with van der Waals surface area (Å²) < 4.78 is 0. The Morgan fingerprint density at radius 3 is 2.26 bits per heavy atom. The first-order valence-electron chi connectivity index (χ1n) is 7.92. The van der Waals surface area contributed by atoms with E-state index in [4.69, 9.17) is 0 Å². The van der Waals surface area contributed by atoms with Gasteiger partial charge in [0.05, 0.1) is 0 Å². The second-order valence-corrected chi connectivity index (χ2v) is 5.78. The number of rotatable bonds is 8. The molecular weight excluding hydrogens is 230 g/mol. The smallest absolute Gasteiger partial charge is 0.0325 e. The van der Waals surface area contributed by atoms with Crippen LogP contribution in [0.3, 0.4) is 0 Å². The van der Waals surface area contributed by atoms with Crippen molar-refractivity contribution in [1.82, 2.24) is 5.32 Å². The topological polar surface area (TPSA) is 12.0 Å². The van der Waals surface area contributed by atoms with Crippen LogP contribution in [0.4, 0.5) is 0 Å². The zero-order valence-corrected chi connectivity index (χ0v) is 13.4. The van der Waals surface area contributed by atoms with Crippen molar-refractivity contribution in [3.63, 3.8) is 0 Å². The molecule has 0 fully saturated rings. The minimum atomic E-state index is 0.519. The van der Waals surface area contributed by atoms with Gasteiger partial charge in [0, 0.05) is 6.04 Å². The van der Waals surface area contributed by atoms with Crippen LogP contribution in [-0.2, 0) is 0 Å². The van der Waals surface area contributed by atoms with E-state index in [1.807, 2.05) is 0 Å². The van der Waals surface area contributed by atoms with Crippen LogP contribution in [0.25, 0.3) is 0 Å². The summed E-state index contributed by atoms with van der Waals surface area (Å²) in [5.41, 5.74) is 4.28. The van der Waals surface area contributed by atoms with Crippen molar-refractivity contribution in [2.75, 3.05) is 6.54 Å². The van der Waals surface area contributed by atoms with Crippen molar-refractivity contribution in [3.05, 3.63) is 34.9 Å². The van der Waals surface area contributed by atoms with Crippen LogP contribution in [0.15, 0.2) is 18.2 Å². The molecule has 1 aromatic carbocycles. The number of hydrogen-bond acceptors (Lipinski definition) is 1. The first-order valence-corrected chi connectivity index (χ1v) is 7.92. The lowest BCUT2D eigenvalue weighted by Gasteiger charge is -2.25. The Hall–Kier alpha value is -0.820. The lowest BCUT2D eigenvalue weighted by molar-refractivity contribution is 0.370. The fourth-order valence-corrected chi connectivity index (χ4v) is 2.81. The Bertz CT molecular complexity index is 366. The molecule has 0 saturated heterocycles. The maximum absolute atomic E-state index is 3.75. The van der Waals surface area contributed by atoms with Gasteiger partial charge < -0.3 is 5.32 Å². The predicted octanol–water partition coefficient (Wildman–Crippen LogP) is 5.17. The number of aryl methyl sites for hydroxylation is 2. The minimum absolute atomic E-state index is 0.519. The monoisotopic (exact) mass is 261 g/mol. The van der Waals surface area contributed by atoms with E-state index in [0.717, 1.165) is 12.5 Å². The molecule has 0 amide bonds. The Balaban J connectivity index is 2.88. The molecule has 1 heteroatoms. The molecular formula is C18H31N. The molecule has 1 unspecified atom stereocenters. The first kappa shape index (κ1) is 16.2. The molecule has 0 spiro atoms. The third kappa shape index (κ3) is 4.99. The van der Waals surface area contributed by atoms with E-state index >= 15 is 0 Å². The van der Waals surface area contributed by atoms with E-state index in [0.29, 0.717) is 6.04 Å². The van der Waals surface area contributed by atoms with Crippen molar-refractivity contribution in [2.45, 2.75) is 66.3 Å². The van der Waals surface area contributed by atoms with Crippen LogP contribution in [0, 0.1) is 19.8 Å². The Labute approximate surface area is 119 Å². The average molecular weight is 261 g/mol. The molecule has 0 heterocycles. The van der Waals surface area contributed by atoms with Gasteiger partial charge >= 0.3 is 0 Å². The zero-order chi connectivity index (χ0) is 14.3. The van der Waals surface area contributed by atoms with Crippen LogP contribution < -0.4 is 5.32 Å². The fraction of sp³-hybridized carbons (Fsp3) is 0.667. The molecule has 0 aliphatic rings. The van der Waals surface area contributed by atoms with Gasteiger partial charge in [0.25, 0.3) is 0 Å². The summed E-state index contributed by atoms with van der Waals surface area (Å²) in [5, 5.41) is 3.75. The van der Waals surface area contributed by atoms with Crippen LogP contribution in [0.2, 0.25) is 0 Å². The second-order valence-electron chi connectivity index (χ2n) is 5.78. The van der Waals surface area contributed by atoms with E-state index in [1.165, 1.54) is 42.4 Å². The third-order valence-electron chi connectivity index (χ3n) is 4.17. The van der Waals surface area contributed by atoms with Crippen molar-refractivity contribution < 1.29 is 0 Å². The lowest BCUT2D eigenvalue weighted by Crippen LogP contribution is -2.25. The van der Waals surface area contributed by atoms with Gasteiger partial charge in [-0.3, -0.25) is 0 Å². The van der Waals surface area contributed by atoms with E-state index in [-0.39, 0.29) is 0 Å². The van der Waals surface area contributed by atoms with E-state index in [2.05, 4.69) is 58.1 Å². The van der Waals surface area contributed by atoms with Crippen LogP contribution in [-0.4, -0.2) is 6.54 Å². The highest BCUT2D eigenvalue weighted by molar-refractivity contribution is 5.32. The maximum Gasteiger partial charge on any atom is 0.0325 e. The number of nitrogens with one attached hydrogen (secondary N) is 1. The SMILES string of the molecule is CCCNC(CC(CC)CC)c1ccc(C)cc1C. The molecule has 0 aromatic heterocycles. The standard InChI is InChI=1S/C18H31N/c1-6-11-19-18(13-16(7-2)8-3)17-10-9-14(4)12-15(17)5/h9-10,12,16,18-19H,6-8,11,13H2,1-5H3. The number of benzene rings is 1. The van der Waals surface area contributed by atoms with Gasteiger partial charge in [-0.25, -0.2) is 0 Å². The molecule has 0 aliphatic carbocycles. The third-order valence-corrected chi connectivity index (χ3v) is 4.17. The van der Waals surface area contributed by atoms with Crippen molar-refractivity contribution in [1.29, 1.82) is 0 Å². The highest BCUT2D eigenvalue weighted by atomic mass is 14.9. The molecule has 108 valence electrons. The maximum atomic E-state index is 3.75. The quantitative estimate of drug-likeness (QED) is 0.680. The van der Waals surface area contributed by atoms with Crippen molar-refractivity contribution in [2.24, 2.45) is 5.92 Å². The average Bonchev–Trinajstić information content (AvgIpc) is 2.40. The van der Waals surface area contributed by atoms with Crippen LogP contribution in [0.1, 0.15) is 69.2 Å². The molecule has 0 radical (unpaired) electrons. The predicted molar refractivity (Wildman–Crippen MR) is 85.6 cm³/mol. The van der Waals surface area contributed by atoms with Crippen LogP contribution in [0.5, 0.6) is 0 Å². The summed E-state index contributed by atoms with van der Waals surface area (Å²) >= 11 is 0. The van der Waals surface area contributed by atoms with Gasteiger partial charge in [-0.1, -0.05) is 57.4 Å². The molecule has 0 aliphatic heterocycles. The highest BCUT2D eigenvalue weighted by Crippen LogP contribution is 2.27. The molecule has 1 N–H and O–H groups in total. The lowest BCUT2D eigenvalue weighted by atomic mass is 9.89. The molecule has 1 aromatic rings. The molecule has 1 nitrogen and oxygen atoms in total.